The first-order valence-electron chi connectivity index (χ1n) is 9.61. The second-order valence-electron chi connectivity index (χ2n) is 6.81. The number of fused-ring (bicyclic) bond motifs is 1. The second-order valence-corrected chi connectivity index (χ2v) is 6.81. The Morgan fingerprint density at radius 1 is 1.00 bits per heavy atom. The van der Waals surface area contributed by atoms with E-state index in [4.69, 9.17) is 14.2 Å². The minimum absolute atomic E-state index is 0.199. The van der Waals surface area contributed by atoms with Crippen molar-refractivity contribution >= 4 is 17.8 Å². The molecule has 1 aliphatic heterocycles. The molecule has 3 aromatic rings. The Hall–Kier alpha value is -3.86. The number of esters is 1. The summed E-state index contributed by atoms with van der Waals surface area (Å²) in [6, 6.07) is 19.4. The molecule has 0 saturated heterocycles. The number of carbonyl (C=O) groups excluding carboxylic acids is 2. The highest BCUT2D eigenvalue weighted by Gasteiger charge is 2.28. The average molecular weight is 400 g/mol. The lowest BCUT2D eigenvalue weighted by Gasteiger charge is -2.07. The second kappa shape index (κ2) is 8.25. The lowest BCUT2D eigenvalue weighted by atomic mass is 10.1. The van der Waals surface area contributed by atoms with E-state index in [-0.39, 0.29) is 11.5 Å². The van der Waals surface area contributed by atoms with Crippen molar-refractivity contribution in [3.05, 3.63) is 94.7 Å². The van der Waals surface area contributed by atoms with Gasteiger partial charge in [0.15, 0.2) is 5.76 Å². The highest BCUT2D eigenvalue weighted by atomic mass is 16.5. The molecule has 0 aliphatic carbocycles. The fraction of sp³-hybridized carbons (Fsp3) is 0.120. The molecule has 0 unspecified atom stereocenters. The summed E-state index contributed by atoms with van der Waals surface area (Å²) >= 11 is 0. The third-order valence-electron chi connectivity index (χ3n) is 4.84. The van der Waals surface area contributed by atoms with Crippen molar-refractivity contribution in [3.8, 4) is 17.2 Å². The van der Waals surface area contributed by atoms with E-state index >= 15 is 0 Å². The zero-order valence-electron chi connectivity index (χ0n) is 16.7. The van der Waals surface area contributed by atoms with Crippen LogP contribution in [0.15, 0.2) is 72.5 Å². The van der Waals surface area contributed by atoms with Gasteiger partial charge in [-0.1, -0.05) is 37.3 Å². The molecule has 0 radical (unpaired) electrons. The third kappa shape index (κ3) is 3.96. The molecular weight excluding hydrogens is 380 g/mol. The van der Waals surface area contributed by atoms with Crippen LogP contribution >= 0.6 is 0 Å². The van der Waals surface area contributed by atoms with Crippen LogP contribution in [0.2, 0.25) is 0 Å². The maximum absolute atomic E-state index is 12.6. The van der Waals surface area contributed by atoms with Crippen LogP contribution in [0, 0.1) is 0 Å². The van der Waals surface area contributed by atoms with Gasteiger partial charge in [-0.15, -0.1) is 0 Å². The van der Waals surface area contributed by atoms with E-state index in [1.54, 1.807) is 48.5 Å². The average Bonchev–Trinajstić information content (AvgIpc) is 3.08. The molecular formula is C25H20O5. The predicted molar refractivity (Wildman–Crippen MR) is 113 cm³/mol. The summed E-state index contributed by atoms with van der Waals surface area (Å²) in [5.74, 6) is 0.745. The quantitative estimate of drug-likeness (QED) is 0.339. The number of ketones is 1. The van der Waals surface area contributed by atoms with Crippen LogP contribution in [0.5, 0.6) is 17.2 Å². The Morgan fingerprint density at radius 2 is 1.80 bits per heavy atom. The van der Waals surface area contributed by atoms with Crippen molar-refractivity contribution < 1.29 is 23.8 Å². The molecule has 3 aromatic carbocycles. The molecule has 30 heavy (non-hydrogen) atoms. The Kier molecular flexibility index (Phi) is 5.35. The molecule has 4 rings (SSSR count). The van der Waals surface area contributed by atoms with Crippen molar-refractivity contribution in [2.75, 3.05) is 7.11 Å². The number of carbonyl (C=O) groups is 2. The van der Waals surface area contributed by atoms with Crippen molar-refractivity contribution in [3.63, 3.8) is 0 Å². The predicted octanol–water partition coefficient (Wildman–Crippen LogP) is 5.09. The van der Waals surface area contributed by atoms with Gasteiger partial charge in [-0.2, -0.15) is 0 Å². The molecule has 0 saturated carbocycles. The Labute approximate surface area is 174 Å². The third-order valence-corrected chi connectivity index (χ3v) is 4.84. The monoisotopic (exact) mass is 400 g/mol. The van der Waals surface area contributed by atoms with Gasteiger partial charge in [0.1, 0.15) is 17.2 Å². The van der Waals surface area contributed by atoms with Gasteiger partial charge < -0.3 is 14.2 Å². The van der Waals surface area contributed by atoms with Crippen molar-refractivity contribution in [1.29, 1.82) is 0 Å². The number of allylic oxidation sites excluding steroid dienone is 1. The van der Waals surface area contributed by atoms with E-state index in [0.717, 1.165) is 12.0 Å². The summed E-state index contributed by atoms with van der Waals surface area (Å²) in [4.78, 5) is 25.0. The van der Waals surface area contributed by atoms with Crippen molar-refractivity contribution in [2.24, 2.45) is 0 Å². The van der Waals surface area contributed by atoms with Crippen molar-refractivity contribution in [1.82, 2.24) is 0 Å². The van der Waals surface area contributed by atoms with E-state index in [9.17, 15) is 9.59 Å². The van der Waals surface area contributed by atoms with E-state index in [1.807, 2.05) is 24.3 Å². The lowest BCUT2D eigenvalue weighted by Crippen LogP contribution is -2.08. The summed E-state index contributed by atoms with van der Waals surface area (Å²) in [7, 11) is 1.53. The number of hydrogen-bond acceptors (Lipinski definition) is 5. The molecule has 0 aromatic heterocycles. The van der Waals surface area contributed by atoms with E-state index < -0.39 is 5.97 Å². The van der Waals surface area contributed by atoms with Crippen LogP contribution in [0.4, 0.5) is 0 Å². The summed E-state index contributed by atoms with van der Waals surface area (Å²) < 4.78 is 16.3. The number of Topliss-reactive ketones (excluding diaryl/α,β-unsaturated/α-hetero) is 1. The maximum Gasteiger partial charge on any atom is 0.343 e. The number of ether oxygens (including phenoxy) is 3. The molecule has 0 spiro atoms. The standard InChI is InChI=1S/C25H20O5/c1-3-16-7-9-17(10-8-16)13-23-24(26)21-12-11-20(15-22(21)30-23)29-25(27)18-5-4-6-19(14-18)28-2/h4-15H,3H2,1-2H3/b23-13+. The highest BCUT2D eigenvalue weighted by molar-refractivity contribution is 6.14. The molecule has 0 bridgehead atoms. The normalized spacial score (nSPS) is 13.7. The van der Waals surface area contributed by atoms with Gasteiger partial charge in [-0.25, -0.2) is 4.79 Å². The van der Waals surface area contributed by atoms with Crippen molar-refractivity contribution in [2.45, 2.75) is 13.3 Å². The Balaban J connectivity index is 1.52. The molecule has 0 atom stereocenters. The topological polar surface area (TPSA) is 61.8 Å². The Bertz CT molecular complexity index is 1140. The van der Waals surface area contributed by atoms with Crippen LogP contribution in [-0.2, 0) is 6.42 Å². The molecule has 0 N–H and O–H groups in total. The van der Waals surface area contributed by atoms with Crippen LogP contribution < -0.4 is 14.2 Å². The first-order valence-corrected chi connectivity index (χ1v) is 9.61. The van der Waals surface area contributed by atoms with Gasteiger partial charge in [0.25, 0.3) is 0 Å². The molecule has 0 amide bonds. The van der Waals surface area contributed by atoms with E-state index in [1.165, 1.54) is 12.7 Å². The van der Waals surface area contributed by atoms with Gasteiger partial charge >= 0.3 is 5.97 Å². The molecule has 5 nitrogen and oxygen atoms in total. The minimum Gasteiger partial charge on any atom is -0.497 e. The zero-order chi connectivity index (χ0) is 21.1. The first-order chi connectivity index (χ1) is 14.6. The van der Waals surface area contributed by atoms with Gasteiger partial charge in [0, 0.05) is 6.07 Å². The van der Waals surface area contributed by atoms with Gasteiger partial charge in [-0.3, -0.25) is 4.79 Å². The number of benzene rings is 3. The fourth-order valence-corrected chi connectivity index (χ4v) is 3.15. The van der Waals surface area contributed by atoms with Crippen LogP contribution in [-0.4, -0.2) is 18.9 Å². The number of aryl methyl sites for hydroxylation is 1. The maximum atomic E-state index is 12.6. The van der Waals surface area contributed by atoms with E-state index in [0.29, 0.717) is 28.4 Å². The zero-order valence-corrected chi connectivity index (χ0v) is 16.7. The van der Waals surface area contributed by atoms with Gasteiger partial charge in [-0.05, 0) is 54.0 Å². The summed E-state index contributed by atoms with van der Waals surface area (Å²) in [6.45, 7) is 2.09. The summed E-state index contributed by atoms with van der Waals surface area (Å²) in [5, 5.41) is 0. The van der Waals surface area contributed by atoms with Gasteiger partial charge in [0.2, 0.25) is 5.78 Å². The van der Waals surface area contributed by atoms with Crippen LogP contribution in [0.1, 0.15) is 38.8 Å². The Morgan fingerprint density at radius 3 is 2.53 bits per heavy atom. The SMILES string of the molecule is CCc1ccc(/C=C2/Oc3cc(OC(=O)c4cccc(OC)c4)ccc3C2=O)cc1. The minimum atomic E-state index is -0.523. The highest BCUT2D eigenvalue weighted by Crippen LogP contribution is 2.35. The summed E-state index contributed by atoms with van der Waals surface area (Å²) in [5.41, 5.74) is 2.91. The largest absolute Gasteiger partial charge is 0.497 e. The molecule has 5 heteroatoms. The fourth-order valence-electron chi connectivity index (χ4n) is 3.15. The van der Waals surface area contributed by atoms with Gasteiger partial charge in [0.05, 0.1) is 18.2 Å². The molecule has 1 aliphatic rings. The number of hydrogen-bond donors (Lipinski definition) is 0. The van der Waals surface area contributed by atoms with E-state index in [2.05, 4.69) is 6.92 Å². The smallest absolute Gasteiger partial charge is 0.343 e. The van der Waals surface area contributed by atoms with Crippen LogP contribution in [0.3, 0.4) is 0 Å². The molecule has 1 heterocycles. The lowest BCUT2D eigenvalue weighted by molar-refractivity contribution is 0.0734. The molecule has 0 fully saturated rings. The van der Waals surface area contributed by atoms with Crippen LogP contribution in [0.25, 0.3) is 6.08 Å². The number of rotatable bonds is 5. The summed E-state index contributed by atoms with van der Waals surface area (Å²) in [6.07, 6.45) is 2.67. The first kappa shape index (κ1) is 19.5. The molecule has 150 valence electrons. The number of methoxy groups -OCH3 is 1.